The SMILES string of the molecule is c1ccc(-c2cccc(-c3ccccc3N(c3ccc(-c4ccc(-c5ccccc5-n5c6ccccc6c6ccccc65)cc4)cc3)c3ccccc3-c3ccccc3)c2)cc1. The second kappa shape index (κ2) is 16.1. The van der Waals surface area contributed by atoms with E-state index in [1.165, 1.54) is 72.0 Å². The summed E-state index contributed by atoms with van der Waals surface area (Å²) in [5, 5.41) is 2.53. The van der Waals surface area contributed by atoms with Gasteiger partial charge in [-0.3, -0.25) is 0 Å². The van der Waals surface area contributed by atoms with Crippen molar-refractivity contribution in [3.8, 4) is 61.3 Å². The molecule has 0 atom stereocenters. The number of benzene rings is 10. The Hall–Kier alpha value is -8.20. The van der Waals surface area contributed by atoms with Gasteiger partial charge in [-0.05, 0) is 87.5 Å². The van der Waals surface area contributed by atoms with E-state index in [0.29, 0.717) is 0 Å². The zero-order chi connectivity index (χ0) is 41.2. The molecule has 0 saturated carbocycles. The molecule has 2 heteroatoms. The summed E-state index contributed by atoms with van der Waals surface area (Å²) in [5.41, 5.74) is 18.7. The van der Waals surface area contributed by atoms with E-state index in [1.54, 1.807) is 0 Å². The first-order valence-electron chi connectivity index (χ1n) is 21.3. The van der Waals surface area contributed by atoms with Crippen LogP contribution in [0.2, 0.25) is 0 Å². The minimum absolute atomic E-state index is 1.08. The van der Waals surface area contributed by atoms with Crippen LogP contribution in [-0.2, 0) is 0 Å². The lowest BCUT2D eigenvalue weighted by Crippen LogP contribution is -2.12. The Kier molecular flexibility index (Phi) is 9.57. The Balaban J connectivity index is 0.984. The Labute approximate surface area is 362 Å². The first-order chi connectivity index (χ1) is 30.8. The van der Waals surface area contributed by atoms with Gasteiger partial charge in [0.05, 0.1) is 28.1 Å². The summed E-state index contributed by atoms with van der Waals surface area (Å²) >= 11 is 0. The molecule has 0 unspecified atom stereocenters. The van der Waals surface area contributed by atoms with Crippen molar-refractivity contribution >= 4 is 38.9 Å². The van der Waals surface area contributed by atoms with Gasteiger partial charge in [0.25, 0.3) is 0 Å². The smallest absolute Gasteiger partial charge is 0.0541 e. The van der Waals surface area contributed by atoms with Gasteiger partial charge in [-0.1, -0.05) is 206 Å². The summed E-state index contributed by atoms with van der Waals surface area (Å²) in [6.07, 6.45) is 0. The lowest BCUT2D eigenvalue weighted by Gasteiger charge is -2.30. The standard InChI is InChI=1S/C60H42N2/c1-3-18-43(19-4-1)48-22-17-23-49(42-48)53-26-9-13-30-57(53)61(56-29-12-7-24-51(56)46-20-5-2-6-21-46)50-40-38-45(39-41-50)44-34-36-47(37-35-44)52-25-8-14-31-58(52)62-59-32-15-10-27-54(59)55-28-11-16-33-60(55)62/h1-42H. The Morgan fingerprint density at radius 2 is 0.661 bits per heavy atom. The van der Waals surface area contributed by atoms with Crippen LogP contribution < -0.4 is 4.90 Å². The summed E-state index contributed by atoms with van der Waals surface area (Å²) in [4.78, 5) is 2.42. The first-order valence-corrected chi connectivity index (χ1v) is 21.3. The molecule has 0 fully saturated rings. The quantitative estimate of drug-likeness (QED) is 0.141. The van der Waals surface area contributed by atoms with Gasteiger partial charge in [-0.15, -0.1) is 0 Å². The topological polar surface area (TPSA) is 8.17 Å². The molecule has 0 radical (unpaired) electrons. The lowest BCUT2D eigenvalue weighted by atomic mass is 9.96. The predicted octanol–water partition coefficient (Wildman–Crippen LogP) is 16.6. The number of hydrogen-bond donors (Lipinski definition) is 0. The van der Waals surface area contributed by atoms with E-state index in [9.17, 15) is 0 Å². The van der Waals surface area contributed by atoms with Crippen LogP contribution in [0.4, 0.5) is 17.1 Å². The molecule has 0 aliphatic heterocycles. The molecule has 292 valence electrons. The van der Waals surface area contributed by atoms with E-state index >= 15 is 0 Å². The van der Waals surface area contributed by atoms with Crippen molar-refractivity contribution in [3.63, 3.8) is 0 Å². The fourth-order valence-corrected chi connectivity index (χ4v) is 9.09. The number of fused-ring (bicyclic) bond motifs is 3. The fourth-order valence-electron chi connectivity index (χ4n) is 9.09. The average molecular weight is 791 g/mol. The van der Waals surface area contributed by atoms with Gasteiger partial charge in [0.15, 0.2) is 0 Å². The Bertz CT molecular complexity index is 3270. The molecule has 1 aromatic heterocycles. The predicted molar refractivity (Wildman–Crippen MR) is 263 cm³/mol. The van der Waals surface area contributed by atoms with Crippen molar-refractivity contribution in [1.29, 1.82) is 0 Å². The molecule has 0 bridgehead atoms. The normalized spacial score (nSPS) is 11.2. The molecule has 11 rings (SSSR count). The third kappa shape index (κ3) is 6.74. The van der Waals surface area contributed by atoms with Crippen molar-refractivity contribution in [2.45, 2.75) is 0 Å². The van der Waals surface area contributed by atoms with Crippen molar-refractivity contribution in [2.75, 3.05) is 4.90 Å². The number of aromatic nitrogens is 1. The molecule has 0 saturated heterocycles. The summed E-state index contributed by atoms with van der Waals surface area (Å²) in [5.74, 6) is 0. The Morgan fingerprint density at radius 3 is 1.29 bits per heavy atom. The van der Waals surface area contributed by atoms with E-state index in [-0.39, 0.29) is 0 Å². The number of nitrogens with zero attached hydrogens (tertiary/aromatic N) is 2. The van der Waals surface area contributed by atoms with E-state index in [0.717, 1.165) is 28.2 Å². The molecule has 0 spiro atoms. The lowest BCUT2D eigenvalue weighted by molar-refractivity contribution is 1.18. The second-order valence-electron chi connectivity index (χ2n) is 15.7. The molecular formula is C60H42N2. The van der Waals surface area contributed by atoms with Crippen LogP contribution in [0.1, 0.15) is 0 Å². The molecular weight excluding hydrogens is 749 g/mol. The largest absolute Gasteiger partial charge is 0.309 e. The first kappa shape index (κ1) is 36.8. The Morgan fingerprint density at radius 1 is 0.258 bits per heavy atom. The summed E-state index contributed by atoms with van der Waals surface area (Å²) in [6, 6.07) is 92.0. The van der Waals surface area contributed by atoms with E-state index in [4.69, 9.17) is 0 Å². The van der Waals surface area contributed by atoms with Crippen LogP contribution in [0.5, 0.6) is 0 Å². The monoisotopic (exact) mass is 790 g/mol. The highest BCUT2D eigenvalue weighted by molar-refractivity contribution is 6.09. The third-order valence-corrected chi connectivity index (χ3v) is 12.0. The van der Waals surface area contributed by atoms with Crippen LogP contribution in [0.3, 0.4) is 0 Å². The number of hydrogen-bond acceptors (Lipinski definition) is 1. The molecule has 0 N–H and O–H groups in total. The van der Waals surface area contributed by atoms with Gasteiger partial charge in [0.1, 0.15) is 0 Å². The van der Waals surface area contributed by atoms with E-state index in [2.05, 4.69) is 264 Å². The van der Waals surface area contributed by atoms with Crippen molar-refractivity contribution in [3.05, 3.63) is 255 Å². The molecule has 11 aromatic rings. The zero-order valence-electron chi connectivity index (χ0n) is 34.1. The summed E-state index contributed by atoms with van der Waals surface area (Å²) in [6.45, 7) is 0. The van der Waals surface area contributed by atoms with Crippen molar-refractivity contribution < 1.29 is 0 Å². The summed E-state index contributed by atoms with van der Waals surface area (Å²) in [7, 11) is 0. The second-order valence-corrected chi connectivity index (χ2v) is 15.7. The zero-order valence-corrected chi connectivity index (χ0v) is 34.1. The maximum Gasteiger partial charge on any atom is 0.0541 e. The minimum atomic E-state index is 1.08. The molecule has 1 heterocycles. The summed E-state index contributed by atoms with van der Waals surface area (Å²) < 4.78 is 2.41. The molecule has 0 aliphatic rings. The van der Waals surface area contributed by atoms with Gasteiger partial charge < -0.3 is 9.47 Å². The van der Waals surface area contributed by atoms with E-state index in [1.807, 2.05) is 0 Å². The van der Waals surface area contributed by atoms with Crippen molar-refractivity contribution in [2.24, 2.45) is 0 Å². The van der Waals surface area contributed by atoms with Gasteiger partial charge in [0, 0.05) is 33.2 Å². The van der Waals surface area contributed by atoms with Gasteiger partial charge >= 0.3 is 0 Å². The number of rotatable bonds is 9. The molecule has 62 heavy (non-hydrogen) atoms. The highest BCUT2D eigenvalue weighted by Crippen LogP contribution is 2.45. The van der Waals surface area contributed by atoms with Gasteiger partial charge in [0.2, 0.25) is 0 Å². The fraction of sp³-hybridized carbons (Fsp3) is 0. The highest BCUT2D eigenvalue weighted by atomic mass is 15.1. The third-order valence-electron chi connectivity index (χ3n) is 12.0. The minimum Gasteiger partial charge on any atom is -0.309 e. The molecule has 0 aliphatic carbocycles. The number of para-hydroxylation sites is 5. The van der Waals surface area contributed by atoms with Gasteiger partial charge in [-0.2, -0.15) is 0 Å². The number of anilines is 3. The van der Waals surface area contributed by atoms with Crippen LogP contribution in [0.25, 0.3) is 83.1 Å². The van der Waals surface area contributed by atoms with Crippen molar-refractivity contribution in [1.82, 2.24) is 4.57 Å². The van der Waals surface area contributed by atoms with Gasteiger partial charge in [-0.25, -0.2) is 0 Å². The average Bonchev–Trinajstić information content (AvgIpc) is 3.69. The highest BCUT2D eigenvalue weighted by Gasteiger charge is 2.21. The van der Waals surface area contributed by atoms with Crippen LogP contribution in [-0.4, -0.2) is 4.57 Å². The molecule has 10 aromatic carbocycles. The van der Waals surface area contributed by atoms with Crippen LogP contribution in [0, 0.1) is 0 Å². The molecule has 0 amide bonds. The maximum atomic E-state index is 2.42. The van der Waals surface area contributed by atoms with Crippen LogP contribution >= 0.6 is 0 Å². The van der Waals surface area contributed by atoms with Crippen LogP contribution in [0.15, 0.2) is 255 Å². The molecule has 2 nitrogen and oxygen atoms in total. The van der Waals surface area contributed by atoms with E-state index < -0.39 is 0 Å². The maximum absolute atomic E-state index is 2.42.